The van der Waals surface area contributed by atoms with Crippen molar-refractivity contribution in [2.24, 2.45) is 0 Å². The Hall–Kier alpha value is -1.24. The maximum atomic E-state index is 5.70. The number of hydrogen-bond acceptors (Lipinski definition) is 1. The maximum absolute atomic E-state index is 5.70. The zero-order valence-electron chi connectivity index (χ0n) is 9.87. The number of furan rings is 1. The molecule has 2 rings (SSSR count). The molecule has 0 fully saturated rings. The molecule has 0 radical (unpaired) electrons. The van der Waals surface area contributed by atoms with Crippen molar-refractivity contribution >= 4 is 11.0 Å². The van der Waals surface area contributed by atoms with Gasteiger partial charge in [-0.3, -0.25) is 0 Å². The van der Waals surface area contributed by atoms with Crippen LogP contribution >= 0.6 is 0 Å². The third-order valence-electron chi connectivity index (χ3n) is 2.90. The minimum atomic E-state index is 0.514. The van der Waals surface area contributed by atoms with Gasteiger partial charge in [-0.15, -0.1) is 0 Å². The van der Waals surface area contributed by atoms with E-state index in [1.54, 1.807) is 0 Å². The minimum absolute atomic E-state index is 0.514. The van der Waals surface area contributed by atoms with E-state index in [2.05, 4.69) is 45.9 Å². The lowest BCUT2D eigenvalue weighted by Gasteiger charge is -2.06. The highest BCUT2D eigenvalue weighted by Gasteiger charge is 2.13. The second-order valence-corrected chi connectivity index (χ2v) is 4.72. The largest absolute Gasteiger partial charge is 0.464 e. The Morgan fingerprint density at radius 1 is 0.933 bits per heavy atom. The van der Waals surface area contributed by atoms with Crippen LogP contribution in [0.4, 0.5) is 0 Å². The molecule has 0 unspecified atom stereocenters. The average molecular weight is 202 g/mol. The van der Waals surface area contributed by atoms with Gasteiger partial charge in [0.1, 0.15) is 5.58 Å². The zero-order valence-corrected chi connectivity index (χ0v) is 9.87. The first kappa shape index (κ1) is 10.3. The summed E-state index contributed by atoms with van der Waals surface area (Å²) in [6, 6.07) is 6.43. The van der Waals surface area contributed by atoms with Crippen LogP contribution in [0.5, 0.6) is 0 Å². The van der Waals surface area contributed by atoms with Crippen molar-refractivity contribution in [2.45, 2.75) is 39.5 Å². The van der Waals surface area contributed by atoms with E-state index in [1.165, 1.54) is 16.5 Å². The van der Waals surface area contributed by atoms with E-state index >= 15 is 0 Å². The maximum Gasteiger partial charge on any atom is 0.137 e. The number of fused-ring (bicyclic) bond motifs is 1. The van der Waals surface area contributed by atoms with Gasteiger partial charge in [0.15, 0.2) is 0 Å². The molecule has 0 aliphatic heterocycles. The fourth-order valence-corrected chi connectivity index (χ4v) is 2.00. The van der Waals surface area contributed by atoms with Crippen LogP contribution in [0.3, 0.4) is 0 Å². The molecule has 0 saturated carbocycles. The summed E-state index contributed by atoms with van der Waals surface area (Å²) in [6.07, 6.45) is 1.90. The molecule has 0 saturated heterocycles. The Morgan fingerprint density at radius 2 is 1.60 bits per heavy atom. The van der Waals surface area contributed by atoms with Crippen LogP contribution in [0, 0.1) is 0 Å². The number of para-hydroxylation sites is 1. The fraction of sp³-hybridized carbons (Fsp3) is 0.429. The standard InChI is InChI=1S/C14H18O/c1-9(2)11-6-5-7-12-13(10(3)4)8-15-14(11)12/h5-10H,1-4H3. The van der Waals surface area contributed by atoms with E-state index < -0.39 is 0 Å². The summed E-state index contributed by atoms with van der Waals surface area (Å²) in [7, 11) is 0. The van der Waals surface area contributed by atoms with Crippen molar-refractivity contribution in [1.29, 1.82) is 0 Å². The molecule has 15 heavy (non-hydrogen) atoms. The highest BCUT2D eigenvalue weighted by atomic mass is 16.3. The van der Waals surface area contributed by atoms with Crippen molar-refractivity contribution in [3.8, 4) is 0 Å². The van der Waals surface area contributed by atoms with Crippen LogP contribution in [-0.2, 0) is 0 Å². The molecule has 0 spiro atoms. The van der Waals surface area contributed by atoms with E-state index in [0.717, 1.165) is 5.58 Å². The summed E-state index contributed by atoms with van der Waals surface area (Å²) in [5, 5.41) is 1.27. The van der Waals surface area contributed by atoms with Crippen LogP contribution in [0.1, 0.15) is 50.7 Å². The molecule has 0 amide bonds. The summed E-state index contributed by atoms with van der Waals surface area (Å²) >= 11 is 0. The predicted molar refractivity (Wildman–Crippen MR) is 64.4 cm³/mol. The van der Waals surface area contributed by atoms with Gasteiger partial charge in [-0.2, -0.15) is 0 Å². The predicted octanol–water partition coefficient (Wildman–Crippen LogP) is 4.68. The molecule has 1 aromatic heterocycles. The molecular formula is C14H18O. The molecule has 80 valence electrons. The number of rotatable bonds is 2. The van der Waals surface area contributed by atoms with Crippen molar-refractivity contribution in [2.75, 3.05) is 0 Å². The molecule has 0 aliphatic carbocycles. The molecule has 1 heterocycles. The van der Waals surface area contributed by atoms with Gasteiger partial charge in [0.25, 0.3) is 0 Å². The molecule has 2 aromatic rings. The number of benzene rings is 1. The van der Waals surface area contributed by atoms with E-state index in [0.29, 0.717) is 11.8 Å². The highest BCUT2D eigenvalue weighted by molar-refractivity contribution is 5.84. The van der Waals surface area contributed by atoms with E-state index in [-0.39, 0.29) is 0 Å². The van der Waals surface area contributed by atoms with Crippen molar-refractivity contribution in [3.63, 3.8) is 0 Å². The van der Waals surface area contributed by atoms with Gasteiger partial charge in [0.05, 0.1) is 6.26 Å². The van der Waals surface area contributed by atoms with Crippen LogP contribution in [0.25, 0.3) is 11.0 Å². The summed E-state index contributed by atoms with van der Waals surface area (Å²) in [5.74, 6) is 1.04. The monoisotopic (exact) mass is 202 g/mol. The zero-order chi connectivity index (χ0) is 11.0. The van der Waals surface area contributed by atoms with Crippen LogP contribution in [0.2, 0.25) is 0 Å². The SMILES string of the molecule is CC(C)c1coc2c(C(C)C)cccc12. The van der Waals surface area contributed by atoms with E-state index in [9.17, 15) is 0 Å². The third kappa shape index (κ3) is 1.67. The Morgan fingerprint density at radius 3 is 2.20 bits per heavy atom. The van der Waals surface area contributed by atoms with E-state index in [1.807, 2.05) is 6.26 Å². The molecule has 0 N–H and O–H groups in total. The van der Waals surface area contributed by atoms with E-state index in [4.69, 9.17) is 4.42 Å². The molecule has 1 heteroatoms. The summed E-state index contributed by atoms with van der Waals surface area (Å²) in [5.41, 5.74) is 3.68. The average Bonchev–Trinajstić information content (AvgIpc) is 2.59. The molecule has 1 aromatic carbocycles. The summed E-state index contributed by atoms with van der Waals surface area (Å²) in [6.45, 7) is 8.80. The van der Waals surface area contributed by atoms with Gasteiger partial charge < -0.3 is 4.42 Å². The van der Waals surface area contributed by atoms with Gasteiger partial charge in [-0.05, 0) is 17.4 Å². The van der Waals surface area contributed by atoms with Gasteiger partial charge in [0.2, 0.25) is 0 Å². The van der Waals surface area contributed by atoms with Crippen molar-refractivity contribution < 1.29 is 4.42 Å². The lowest BCUT2D eigenvalue weighted by atomic mass is 9.97. The Bertz CT molecular complexity index is 463. The van der Waals surface area contributed by atoms with Crippen molar-refractivity contribution in [1.82, 2.24) is 0 Å². The van der Waals surface area contributed by atoms with Crippen LogP contribution in [0.15, 0.2) is 28.9 Å². The summed E-state index contributed by atoms with van der Waals surface area (Å²) in [4.78, 5) is 0. The molecular weight excluding hydrogens is 184 g/mol. The van der Waals surface area contributed by atoms with Crippen LogP contribution in [-0.4, -0.2) is 0 Å². The number of hydrogen-bond donors (Lipinski definition) is 0. The fourth-order valence-electron chi connectivity index (χ4n) is 2.00. The molecule has 0 bridgehead atoms. The van der Waals surface area contributed by atoms with Gasteiger partial charge in [-0.1, -0.05) is 45.9 Å². The quantitative estimate of drug-likeness (QED) is 0.689. The van der Waals surface area contributed by atoms with Gasteiger partial charge in [0, 0.05) is 10.9 Å². The first-order valence-corrected chi connectivity index (χ1v) is 5.61. The van der Waals surface area contributed by atoms with Crippen molar-refractivity contribution in [3.05, 3.63) is 35.6 Å². The second-order valence-electron chi connectivity index (χ2n) is 4.72. The normalized spacial score (nSPS) is 11.9. The Kier molecular flexibility index (Phi) is 2.56. The summed E-state index contributed by atoms with van der Waals surface area (Å²) < 4.78 is 5.70. The topological polar surface area (TPSA) is 13.1 Å². The van der Waals surface area contributed by atoms with Gasteiger partial charge >= 0.3 is 0 Å². The first-order chi connectivity index (χ1) is 7.11. The lowest BCUT2D eigenvalue weighted by Crippen LogP contribution is -1.88. The van der Waals surface area contributed by atoms with Gasteiger partial charge in [-0.25, -0.2) is 0 Å². The molecule has 0 aliphatic rings. The lowest BCUT2D eigenvalue weighted by molar-refractivity contribution is 0.599. The Balaban J connectivity index is 2.69. The minimum Gasteiger partial charge on any atom is -0.464 e. The first-order valence-electron chi connectivity index (χ1n) is 5.61. The third-order valence-corrected chi connectivity index (χ3v) is 2.90. The van der Waals surface area contributed by atoms with Crippen LogP contribution < -0.4 is 0 Å². The Labute approximate surface area is 91.1 Å². The smallest absolute Gasteiger partial charge is 0.137 e. The highest BCUT2D eigenvalue weighted by Crippen LogP contribution is 2.32. The second kappa shape index (κ2) is 3.73. The molecule has 0 atom stereocenters. The molecule has 1 nitrogen and oxygen atoms in total.